The Morgan fingerprint density at radius 3 is 2.87 bits per heavy atom. The standard InChI is InChI=1S/C12H18ClNO/c1-3-5-9(2)8-11(15)12-10(13)6-4-7-14-12/h4,6-7,9,11,15H,3,5,8H2,1-2H3. The Balaban J connectivity index is 2.61. The first-order valence-corrected chi connectivity index (χ1v) is 5.81. The molecule has 3 heteroatoms. The van der Waals surface area contributed by atoms with Crippen LogP contribution >= 0.6 is 11.6 Å². The second-order valence-corrected chi connectivity index (χ2v) is 4.42. The SMILES string of the molecule is CCCC(C)CC(O)c1ncccc1Cl. The van der Waals surface area contributed by atoms with Crippen molar-refractivity contribution < 1.29 is 5.11 Å². The van der Waals surface area contributed by atoms with Crippen LogP contribution in [0.5, 0.6) is 0 Å². The molecule has 0 aliphatic rings. The second-order valence-electron chi connectivity index (χ2n) is 4.02. The first-order chi connectivity index (χ1) is 7.15. The fraction of sp³-hybridized carbons (Fsp3) is 0.583. The Labute approximate surface area is 96.3 Å². The Hall–Kier alpha value is -0.600. The first kappa shape index (κ1) is 12.5. The number of aliphatic hydroxyl groups is 1. The topological polar surface area (TPSA) is 33.1 Å². The molecule has 0 radical (unpaired) electrons. The molecule has 0 amide bonds. The molecule has 1 heterocycles. The van der Waals surface area contributed by atoms with Crippen LogP contribution in [0.4, 0.5) is 0 Å². The Morgan fingerprint density at radius 2 is 2.27 bits per heavy atom. The molecule has 2 unspecified atom stereocenters. The fourth-order valence-electron chi connectivity index (χ4n) is 1.75. The lowest BCUT2D eigenvalue weighted by Crippen LogP contribution is -2.06. The lowest BCUT2D eigenvalue weighted by atomic mass is 9.97. The summed E-state index contributed by atoms with van der Waals surface area (Å²) in [5.41, 5.74) is 0.599. The van der Waals surface area contributed by atoms with E-state index in [2.05, 4.69) is 18.8 Å². The third-order valence-electron chi connectivity index (χ3n) is 2.51. The van der Waals surface area contributed by atoms with Gasteiger partial charge in [0.2, 0.25) is 0 Å². The molecule has 0 spiro atoms. The summed E-state index contributed by atoms with van der Waals surface area (Å²) in [6.45, 7) is 4.29. The van der Waals surface area contributed by atoms with Crippen molar-refractivity contribution in [1.82, 2.24) is 4.98 Å². The number of hydrogen-bond donors (Lipinski definition) is 1. The van der Waals surface area contributed by atoms with Gasteiger partial charge in [-0.1, -0.05) is 38.3 Å². The maximum Gasteiger partial charge on any atom is 0.0977 e. The molecule has 0 saturated heterocycles. The molecule has 1 rings (SSSR count). The van der Waals surface area contributed by atoms with E-state index in [4.69, 9.17) is 11.6 Å². The lowest BCUT2D eigenvalue weighted by molar-refractivity contribution is 0.141. The van der Waals surface area contributed by atoms with Gasteiger partial charge in [0, 0.05) is 6.20 Å². The number of halogens is 1. The summed E-state index contributed by atoms with van der Waals surface area (Å²) < 4.78 is 0. The second kappa shape index (κ2) is 6.09. The fourth-order valence-corrected chi connectivity index (χ4v) is 1.99. The van der Waals surface area contributed by atoms with Crippen LogP contribution in [0.1, 0.15) is 44.9 Å². The summed E-state index contributed by atoms with van der Waals surface area (Å²) in [6, 6.07) is 3.53. The summed E-state index contributed by atoms with van der Waals surface area (Å²) in [6.07, 6.45) is 4.12. The third-order valence-corrected chi connectivity index (χ3v) is 2.83. The van der Waals surface area contributed by atoms with Crippen LogP contribution in [0.3, 0.4) is 0 Å². The van der Waals surface area contributed by atoms with E-state index in [0.717, 1.165) is 19.3 Å². The molecule has 1 aromatic rings. The van der Waals surface area contributed by atoms with Gasteiger partial charge in [0.1, 0.15) is 0 Å². The highest BCUT2D eigenvalue weighted by Gasteiger charge is 2.15. The minimum atomic E-state index is -0.541. The minimum absolute atomic E-state index is 0.503. The molecular formula is C12H18ClNO. The van der Waals surface area contributed by atoms with Crippen LogP contribution in [0.25, 0.3) is 0 Å². The van der Waals surface area contributed by atoms with E-state index < -0.39 is 6.10 Å². The average molecular weight is 228 g/mol. The number of hydrogen-bond acceptors (Lipinski definition) is 2. The molecule has 84 valence electrons. The number of aliphatic hydroxyl groups excluding tert-OH is 1. The molecule has 2 atom stereocenters. The quantitative estimate of drug-likeness (QED) is 0.834. The van der Waals surface area contributed by atoms with Gasteiger partial charge < -0.3 is 5.11 Å². The van der Waals surface area contributed by atoms with E-state index in [9.17, 15) is 5.11 Å². The lowest BCUT2D eigenvalue weighted by Gasteiger charge is -2.16. The predicted octanol–water partition coefficient (Wildman–Crippen LogP) is 3.59. The first-order valence-electron chi connectivity index (χ1n) is 5.43. The van der Waals surface area contributed by atoms with Gasteiger partial charge in [-0.3, -0.25) is 4.98 Å². The molecule has 0 aliphatic carbocycles. The van der Waals surface area contributed by atoms with Gasteiger partial charge in [-0.05, 0) is 24.5 Å². The minimum Gasteiger partial charge on any atom is -0.387 e. The van der Waals surface area contributed by atoms with Crippen molar-refractivity contribution in [2.45, 2.75) is 39.2 Å². The number of nitrogens with zero attached hydrogens (tertiary/aromatic N) is 1. The van der Waals surface area contributed by atoms with Gasteiger partial charge in [0.05, 0.1) is 16.8 Å². The van der Waals surface area contributed by atoms with Crippen LogP contribution in [-0.2, 0) is 0 Å². The Kier molecular flexibility index (Phi) is 5.06. The van der Waals surface area contributed by atoms with Gasteiger partial charge >= 0.3 is 0 Å². The molecule has 1 aromatic heterocycles. The average Bonchev–Trinajstić information content (AvgIpc) is 2.18. The van der Waals surface area contributed by atoms with E-state index in [1.807, 2.05) is 0 Å². The van der Waals surface area contributed by atoms with Crippen LogP contribution < -0.4 is 0 Å². The zero-order chi connectivity index (χ0) is 11.3. The molecule has 0 aromatic carbocycles. The smallest absolute Gasteiger partial charge is 0.0977 e. The molecule has 2 nitrogen and oxygen atoms in total. The maximum absolute atomic E-state index is 9.95. The Morgan fingerprint density at radius 1 is 1.53 bits per heavy atom. The number of aromatic nitrogens is 1. The third kappa shape index (κ3) is 3.80. The van der Waals surface area contributed by atoms with Crippen molar-refractivity contribution in [3.05, 3.63) is 29.0 Å². The molecule has 0 aliphatic heterocycles. The number of rotatable bonds is 5. The molecule has 0 bridgehead atoms. The van der Waals surface area contributed by atoms with Crippen molar-refractivity contribution in [2.75, 3.05) is 0 Å². The van der Waals surface area contributed by atoms with Gasteiger partial charge in [0.25, 0.3) is 0 Å². The van der Waals surface area contributed by atoms with Gasteiger partial charge in [-0.15, -0.1) is 0 Å². The van der Waals surface area contributed by atoms with E-state index in [1.54, 1.807) is 18.3 Å². The van der Waals surface area contributed by atoms with Crippen molar-refractivity contribution in [3.8, 4) is 0 Å². The molecule has 0 saturated carbocycles. The van der Waals surface area contributed by atoms with Crippen molar-refractivity contribution in [3.63, 3.8) is 0 Å². The monoisotopic (exact) mass is 227 g/mol. The maximum atomic E-state index is 9.95. The highest BCUT2D eigenvalue weighted by Crippen LogP contribution is 2.26. The van der Waals surface area contributed by atoms with Crippen LogP contribution in [-0.4, -0.2) is 10.1 Å². The molecule has 0 fully saturated rings. The molecule has 1 N–H and O–H groups in total. The van der Waals surface area contributed by atoms with Crippen LogP contribution in [0.2, 0.25) is 5.02 Å². The van der Waals surface area contributed by atoms with E-state index >= 15 is 0 Å². The Bertz CT molecular complexity index is 303. The summed E-state index contributed by atoms with van der Waals surface area (Å²) in [4.78, 5) is 4.11. The zero-order valence-corrected chi connectivity index (χ0v) is 10.0. The molecular weight excluding hydrogens is 210 g/mol. The van der Waals surface area contributed by atoms with Gasteiger partial charge in [-0.2, -0.15) is 0 Å². The van der Waals surface area contributed by atoms with Gasteiger partial charge in [0.15, 0.2) is 0 Å². The van der Waals surface area contributed by atoms with Gasteiger partial charge in [-0.25, -0.2) is 0 Å². The summed E-state index contributed by atoms with van der Waals surface area (Å²) in [7, 11) is 0. The van der Waals surface area contributed by atoms with Crippen molar-refractivity contribution in [2.24, 2.45) is 5.92 Å². The van der Waals surface area contributed by atoms with Crippen molar-refractivity contribution >= 4 is 11.6 Å². The van der Waals surface area contributed by atoms with Crippen LogP contribution in [0.15, 0.2) is 18.3 Å². The largest absolute Gasteiger partial charge is 0.387 e. The summed E-state index contributed by atoms with van der Waals surface area (Å²) >= 11 is 5.96. The van der Waals surface area contributed by atoms with Crippen LogP contribution in [0, 0.1) is 5.92 Å². The van der Waals surface area contributed by atoms with E-state index in [0.29, 0.717) is 16.6 Å². The number of pyridine rings is 1. The van der Waals surface area contributed by atoms with E-state index in [-0.39, 0.29) is 0 Å². The summed E-state index contributed by atoms with van der Waals surface area (Å²) in [5, 5.41) is 10.5. The highest BCUT2D eigenvalue weighted by atomic mass is 35.5. The zero-order valence-electron chi connectivity index (χ0n) is 9.28. The van der Waals surface area contributed by atoms with E-state index in [1.165, 1.54) is 0 Å². The normalized spacial score (nSPS) is 14.9. The summed E-state index contributed by atoms with van der Waals surface area (Å²) in [5.74, 6) is 0.503. The molecule has 15 heavy (non-hydrogen) atoms. The predicted molar refractivity (Wildman–Crippen MR) is 62.9 cm³/mol. The highest BCUT2D eigenvalue weighted by molar-refractivity contribution is 6.31. The van der Waals surface area contributed by atoms with Crippen molar-refractivity contribution in [1.29, 1.82) is 0 Å².